The van der Waals surface area contributed by atoms with Crippen LogP contribution in [0.1, 0.15) is 10.8 Å². The molecule has 1 aromatic heterocycles. The topological polar surface area (TPSA) is 85.1 Å². The Balaban J connectivity index is 1.63. The third-order valence-electron chi connectivity index (χ3n) is 4.24. The summed E-state index contributed by atoms with van der Waals surface area (Å²) in [6, 6.07) is 21.3. The number of nitrogens with one attached hydrogen (secondary N) is 1. The van der Waals surface area contributed by atoms with E-state index in [-0.39, 0.29) is 16.6 Å². The van der Waals surface area contributed by atoms with Gasteiger partial charge in [0.25, 0.3) is 5.69 Å². The number of amides is 1. The normalized spacial score (nSPS) is 11.9. The van der Waals surface area contributed by atoms with Crippen LogP contribution in [0.3, 0.4) is 0 Å². The van der Waals surface area contributed by atoms with Crippen LogP contribution in [0.5, 0.6) is 0 Å². The lowest BCUT2D eigenvalue weighted by Crippen LogP contribution is -2.19. The largest absolute Gasteiger partial charge is 0.325 e. The number of benzene rings is 3. The zero-order valence-corrected chi connectivity index (χ0v) is 17.7. The second kappa shape index (κ2) is 8.83. The number of rotatable bonds is 6. The number of carbonyl (C=O) groups excluding carboxylic acids is 1. The molecule has 4 rings (SSSR count). The Bertz CT molecular complexity index is 1200. The predicted octanol–water partition coefficient (Wildman–Crippen LogP) is 6.33. The third-order valence-corrected chi connectivity index (χ3v) is 6.95. The zero-order chi connectivity index (χ0) is 21.1. The number of nitro groups is 1. The molecule has 1 atom stereocenters. The van der Waals surface area contributed by atoms with E-state index in [1.54, 1.807) is 0 Å². The molecule has 1 amide bonds. The molecule has 0 radical (unpaired) electrons. The number of fused-ring (bicyclic) bond motifs is 1. The van der Waals surface area contributed by atoms with E-state index in [0.29, 0.717) is 5.69 Å². The van der Waals surface area contributed by atoms with Crippen molar-refractivity contribution in [2.45, 2.75) is 9.59 Å². The van der Waals surface area contributed by atoms with Crippen LogP contribution >= 0.6 is 34.7 Å². The summed E-state index contributed by atoms with van der Waals surface area (Å²) < 4.78 is 1.81. The number of hydrogen-bond acceptors (Lipinski definition) is 6. The number of thioether (sulfide) groups is 1. The molecule has 0 aliphatic carbocycles. The second-order valence-electron chi connectivity index (χ2n) is 6.27. The van der Waals surface area contributed by atoms with Gasteiger partial charge in [-0.1, -0.05) is 65.8 Å². The van der Waals surface area contributed by atoms with Crippen molar-refractivity contribution in [3.8, 4) is 0 Å². The van der Waals surface area contributed by atoms with Gasteiger partial charge >= 0.3 is 0 Å². The molecule has 0 saturated heterocycles. The Morgan fingerprint density at radius 1 is 1.10 bits per heavy atom. The molecule has 0 fully saturated rings. The number of carbonyl (C=O) groups is 1. The number of halogens is 1. The van der Waals surface area contributed by atoms with Crippen molar-refractivity contribution in [2.24, 2.45) is 0 Å². The van der Waals surface area contributed by atoms with E-state index in [1.807, 2.05) is 54.6 Å². The molecule has 150 valence electrons. The van der Waals surface area contributed by atoms with Gasteiger partial charge in [0.1, 0.15) is 10.3 Å². The Morgan fingerprint density at radius 2 is 1.83 bits per heavy atom. The molecule has 1 N–H and O–H groups in total. The monoisotopic (exact) mass is 455 g/mol. The maximum Gasteiger partial charge on any atom is 0.289 e. The number of nitro benzene ring substituents is 1. The van der Waals surface area contributed by atoms with E-state index < -0.39 is 10.2 Å². The first-order chi connectivity index (χ1) is 14.5. The van der Waals surface area contributed by atoms with Crippen molar-refractivity contribution >= 4 is 62.2 Å². The highest BCUT2D eigenvalue weighted by atomic mass is 35.5. The highest BCUT2D eigenvalue weighted by Gasteiger charge is 2.25. The number of anilines is 1. The summed E-state index contributed by atoms with van der Waals surface area (Å²) >= 11 is 8.73. The van der Waals surface area contributed by atoms with Crippen molar-refractivity contribution in [2.75, 3.05) is 5.32 Å². The average Bonchev–Trinajstić information content (AvgIpc) is 3.16. The van der Waals surface area contributed by atoms with Crippen molar-refractivity contribution in [3.63, 3.8) is 0 Å². The summed E-state index contributed by atoms with van der Waals surface area (Å²) in [5.41, 5.74) is 1.74. The molecule has 4 aromatic rings. The van der Waals surface area contributed by atoms with Crippen LogP contribution in [-0.2, 0) is 4.79 Å². The van der Waals surface area contributed by atoms with Gasteiger partial charge in [0.05, 0.1) is 15.1 Å². The molecule has 1 unspecified atom stereocenters. The van der Waals surface area contributed by atoms with E-state index in [0.717, 1.165) is 20.1 Å². The number of aromatic nitrogens is 1. The average molecular weight is 456 g/mol. The number of thiazole rings is 1. The molecule has 1 heterocycles. The van der Waals surface area contributed by atoms with Gasteiger partial charge in [-0.3, -0.25) is 14.9 Å². The lowest BCUT2D eigenvalue weighted by molar-refractivity contribution is -0.384. The summed E-state index contributed by atoms with van der Waals surface area (Å²) in [5.74, 6) is -0.304. The van der Waals surface area contributed by atoms with E-state index >= 15 is 0 Å². The summed E-state index contributed by atoms with van der Waals surface area (Å²) in [6.07, 6.45) is 0. The SMILES string of the molecule is O=C(Nc1ccc(Cl)c([N+](=O)[O-])c1)C(Sc1nc2ccccc2s1)c1ccccc1. The predicted molar refractivity (Wildman–Crippen MR) is 121 cm³/mol. The molecule has 0 saturated carbocycles. The fourth-order valence-corrected chi connectivity index (χ4v) is 5.29. The van der Waals surface area contributed by atoms with Crippen LogP contribution in [0.15, 0.2) is 77.1 Å². The van der Waals surface area contributed by atoms with E-state index in [9.17, 15) is 14.9 Å². The number of hydrogen-bond donors (Lipinski definition) is 1. The molecular formula is C21H14ClN3O3S2. The molecule has 0 aliphatic heterocycles. The van der Waals surface area contributed by atoms with Gasteiger partial charge in [-0.25, -0.2) is 4.98 Å². The van der Waals surface area contributed by atoms with Gasteiger partial charge in [-0.05, 0) is 29.8 Å². The summed E-state index contributed by atoms with van der Waals surface area (Å²) in [7, 11) is 0. The maximum absolute atomic E-state index is 13.1. The molecule has 3 aromatic carbocycles. The summed E-state index contributed by atoms with van der Waals surface area (Å²) in [6.45, 7) is 0. The van der Waals surface area contributed by atoms with E-state index in [4.69, 9.17) is 11.6 Å². The highest BCUT2D eigenvalue weighted by Crippen LogP contribution is 2.40. The van der Waals surface area contributed by atoms with Crippen LogP contribution in [0.25, 0.3) is 10.2 Å². The molecule has 9 heteroatoms. The first-order valence-corrected chi connectivity index (χ1v) is 10.9. The van der Waals surface area contributed by atoms with Crippen molar-refractivity contribution in [1.29, 1.82) is 0 Å². The number of nitrogens with zero attached hydrogens (tertiary/aromatic N) is 2. The Kier molecular flexibility index (Phi) is 5.98. The summed E-state index contributed by atoms with van der Waals surface area (Å²) in [5, 5.41) is 13.3. The lowest BCUT2D eigenvalue weighted by atomic mass is 10.1. The number of para-hydroxylation sites is 1. The maximum atomic E-state index is 13.1. The highest BCUT2D eigenvalue weighted by molar-refractivity contribution is 8.02. The van der Waals surface area contributed by atoms with Gasteiger partial charge in [-0.2, -0.15) is 0 Å². The third kappa shape index (κ3) is 4.46. The first-order valence-electron chi connectivity index (χ1n) is 8.83. The van der Waals surface area contributed by atoms with Crippen LogP contribution < -0.4 is 5.32 Å². The summed E-state index contributed by atoms with van der Waals surface area (Å²) in [4.78, 5) is 28.3. The zero-order valence-electron chi connectivity index (χ0n) is 15.3. The molecule has 6 nitrogen and oxygen atoms in total. The fraction of sp³-hybridized carbons (Fsp3) is 0.0476. The Morgan fingerprint density at radius 3 is 2.57 bits per heavy atom. The Hall–Kier alpha value is -2.94. The first kappa shape index (κ1) is 20.3. The minimum absolute atomic E-state index is 0.0152. The van der Waals surface area contributed by atoms with Gasteiger partial charge in [-0.15, -0.1) is 11.3 Å². The quantitative estimate of drug-likeness (QED) is 0.208. The van der Waals surface area contributed by atoms with Crippen LogP contribution in [0.2, 0.25) is 5.02 Å². The van der Waals surface area contributed by atoms with Gasteiger partial charge in [0.15, 0.2) is 4.34 Å². The van der Waals surface area contributed by atoms with Gasteiger partial charge in [0, 0.05) is 11.8 Å². The molecule has 0 aliphatic rings. The minimum Gasteiger partial charge on any atom is -0.325 e. The van der Waals surface area contributed by atoms with E-state index in [2.05, 4.69) is 10.3 Å². The second-order valence-corrected chi connectivity index (χ2v) is 9.06. The standard InChI is InChI=1S/C21H14ClN3O3S2/c22-15-11-10-14(12-17(15)25(27)28)23-20(26)19(13-6-2-1-3-7-13)30-21-24-16-8-4-5-9-18(16)29-21/h1-12,19H,(H,23,26). The van der Waals surface area contributed by atoms with Crippen molar-refractivity contribution < 1.29 is 9.72 Å². The van der Waals surface area contributed by atoms with Crippen LogP contribution in [0.4, 0.5) is 11.4 Å². The fourth-order valence-electron chi connectivity index (χ4n) is 2.84. The van der Waals surface area contributed by atoms with Gasteiger partial charge < -0.3 is 5.32 Å². The Labute approximate surface area is 185 Å². The minimum atomic E-state index is -0.582. The van der Waals surface area contributed by atoms with Gasteiger partial charge in [0.2, 0.25) is 5.91 Å². The molecule has 30 heavy (non-hydrogen) atoms. The van der Waals surface area contributed by atoms with Crippen LogP contribution in [-0.4, -0.2) is 15.8 Å². The smallest absolute Gasteiger partial charge is 0.289 e. The molecule has 0 bridgehead atoms. The molecule has 0 spiro atoms. The van der Waals surface area contributed by atoms with Crippen LogP contribution in [0, 0.1) is 10.1 Å². The molecular weight excluding hydrogens is 442 g/mol. The van der Waals surface area contributed by atoms with Crippen molar-refractivity contribution in [1.82, 2.24) is 4.98 Å². The van der Waals surface area contributed by atoms with Crippen molar-refractivity contribution in [3.05, 3.63) is 93.5 Å². The lowest BCUT2D eigenvalue weighted by Gasteiger charge is -2.16. The van der Waals surface area contributed by atoms with E-state index in [1.165, 1.54) is 41.3 Å².